The summed E-state index contributed by atoms with van der Waals surface area (Å²) in [5.74, 6) is -6.19. The van der Waals surface area contributed by atoms with E-state index >= 15 is 0 Å². The maximum absolute atomic E-state index is 13.6. The highest BCUT2D eigenvalue weighted by atomic mass is 19.2. The standard InChI is InChI=1S/C25H26F2N2O4/c1-2-28-25(24(32)33,13-21(30)23(31)14-10-11-17(26)18(27)12-14)22-15-6-3-4-8-19(15)29-20-9-5-7-16(20)22/h3-4,6,8,10-12,16,20,22,28-29H,2,5,7,9,13H2,1H3,(H,32,33). The fraction of sp³-hybridized carbons (Fsp3) is 0.400. The molecule has 2 aromatic rings. The van der Waals surface area contributed by atoms with Crippen LogP contribution in [0.4, 0.5) is 14.5 Å². The van der Waals surface area contributed by atoms with E-state index in [4.69, 9.17) is 0 Å². The van der Waals surface area contributed by atoms with Gasteiger partial charge in [-0.1, -0.05) is 31.5 Å². The summed E-state index contributed by atoms with van der Waals surface area (Å²) in [7, 11) is 0. The van der Waals surface area contributed by atoms with Crippen LogP contribution in [0.15, 0.2) is 42.5 Å². The Morgan fingerprint density at radius 2 is 1.88 bits per heavy atom. The van der Waals surface area contributed by atoms with Crippen LogP contribution in [0.3, 0.4) is 0 Å². The van der Waals surface area contributed by atoms with E-state index in [0.29, 0.717) is 6.07 Å². The summed E-state index contributed by atoms with van der Waals surface area (Å²) < 4.78 is 26.9. The monoisotopic (exact) mass is 456 g/mol. The second-order valence-corrected chi connectivity index (χ2v) is 8.78. The number of carbonyl (C=O) groups excluding carboxylic acids is 2. The Bertz CT molecular complexity index is 1110. The minimum atomic E-state index is -1.73. The molecule has 0 aromatic heterocycles. The smallest absolute Gasteiger partial charge is 0.325 e. The lowest BCUT2D eigenvalue weighted by atomic mass is 9.65. The molecule has 3 N–H and O–H groups in total. The minimum Gasteiger partial charge on any atom is -0.480 e. The van der Waals surface area contributed by atoms with Crippen LogP contribution in [0, 0.1) is 17.6 Å². The van der Waals surface area contributed by atoms with Crippen LogP contribution in [-0.2, 0) is 9.59 Å². The van der Waals surface area contributed by atoms with Crippen LogP contribution in [0.1, 0.15) is 54.4 Å². The van der Waals surface area contributed by atoms with Crippen molar-refractivity contribution in [2.75, 3.05) is 11.9 Å². The van der Waals surface area contributed by atoms with Crippen molar-refractivity contribution in [3.63, 3.8) is 0 Å². The van der Waals surface area contributed by atoms with Crippen LogP contribution in [0.5, 0.6) is 0 Å². The molecule has 1 aliphatic carbocycles. The molecule has 4 atom stereocenters. The number of carboxylic acids is 1. The predicted molar refractivity (Wildman–Crippen MR) is 118 cm³/mol. The lowest BCUT2D eigenvalue weighted by molar-refractivity contribution is -0.149. The summed E-state index contributed by atoms with van der Waals surface area (Å²) in [4.78, 5) is 38.7. The Kier molecular flexibility index (Phi) is 6.30. The highest BCUT2D eigenvalue weighted by Gasteiger charge is 2.55. The molecule has 1 saturated carbocycles. The van der Waals surface area contributed by atoms with Crippen molar-refractivity contribution in [3.8, 4) is 0 Å². The number of rotatable bonds is 8. The predicted octanol–water partition coefficient (Wildman–Crippen LogP) is 3.92. The van der Waals surface area contributed by atoms with Gasteiger partial charge < -0.3 is 15.7 Å². The van der Waals surface area contributed by atoms with Gasteiger partial charge in [0.2, 0.25) is 11.6 Å². The largest absolute Gasteiger partial charge is 0.480 e. The molecule has 2 aliphatic rings. The van der Waals surface area contributed by atoms with Crippen molar-refractivity contribution in [1.82, 2.24) is 5.32 Å². The number of hydrogen-bond acceptors (Lipinski definition) is 5. The molecule has 0 saturated heterocycles. The highest BCUT2D eigenvalue weighted by molar-refractivity contribution is 6.44. The normalized spacial score (nSPS) is 23.1. The molecule has 4 rings (SSSR count). The second kappa shape index (κ2) is 9.02. The van der Waals surface area contributed by atoms with Crippen LogP contribution in [0.2, 0.25) is 0 Å². The molecule has 2 aromatic carbocycles. The average Bonchev–Trinajstić information content (AvgIpc) is 3.26. The van der Waals surface area contributed by atoms with Crippen LogP contribution in [-0.4, -0.2) is 40.8 Å². The lowest BCUT2D eigenvalue weighted by Crippen LogP contribution is -2.61. The van der Waals surface area contributed by atoms with Gasteiger partial charge >= 0.3 is 5.97 Å². The Hall–Kier alpha value is -3.13. The number of nitrogens with one attached hydrogen (secondary N) is 2. The Morgan fingerprint density at radius 1 is 1.12 bits per heavy atom. The molecule has 4 unspecified atom stereocenters. The van der Waals surface area contributed by atoms with Crippen LogP contribution < -0.4 is 10.6 Å². The number of anilines is 1. The van der Waals surface area contributed by atoms with Crippen molar-refractivity contribution >= 4 is 23.2 Å². The first-order valence-corrected chi connectivity index (χ1v) is 11.1. The second-order valence-electron chi connectivity index (χ2n) is 8.78. The van der Waals surface area contributed by atoms with E-state index in [9.17, 15) is 28.3 Å². The Labute approximate surface area is 190 Å². The zero-order chi connectivity index (χ0) is 23.8. The molecule has 6 nitrogen and oxygen atoms in total. The van der Waals surface area contributed by atoms with Gasteiger partial charge in [0.05, 0.1) is 0 Å². The van der Waals surface area contributed by atoms with Crippen molar-refractivity contribution < 1.29 is 28.3 Å². The van der Waals surface area contributed by atoms with Gasteiger partial charge in [-0.3, -0.25) is 14.4 Å². The number of likely N-dealkylation sites (N-methyl/N-ethyl adjacent to an activating group) is 1. The summed E-state index contributed by atoms with van der Waals surface area (Å²) in [6.07, 6.45) is 2.01. The van der Waals surface area contributed by atoms with E-state index < -0.39 is 47.0 Å². The topological polar surface area (TPSA) is 95.5 Å². The molecule has 1 aliphatic heterocycles. The van der Waals surface area contributed by atoms with E-state index in [-0.39, 0.29) is 24.1 Å². The van der Waals surface area contributed by atoms with E-state index in [1.807, 2.05) is 24.3 Å². The summed E-state index contributed by atoms with van der Waals surface area (Å²) in [6, 6.07) is 9.98. The number of fused-ring (bicyclic) bond motifs is 2. The number of Topliss-reactive ketones (excluding diaryl/α,β-unsaturated/α-hetero) is 2. The van der Waals surface area contributed by atoms with Gasteiger partial charge in [0.25, 0.3) is 0 Å². The molecule has 33 heavy (non-hydrogen) atoms. The summed E-state index contributed by atoms with van der Waals surface area (Å²) in [6.45, 7) is 2.01. The van der Waals surface area contributed by atoms with Gasteiger partial charge in [-0.15, -0.1) is 0 Å². The van der Waals surface area contributed by atoms with Gasteiger partial charge in [0.1, 0.15) is 5.54 Å². The quantitative estimate of drug-likeness (QED) is 0.412. The van der Waals surface area contributed by atoms with Crippen molar-refractivity contribution in [2.24, 2.45) is 5.92 Å². The SMILES string of the molecule is CCNC(CC(=O)C(=O)c1ccc(F)c(F)c1)(C(=O)O)C1c2ccccc2NC2CCCC21. The zero-order valence-corrected chi connectivity index (χ0v) is 18.2. The number of ketones is 2. The van der Waals surface area contributed by atoms with Crippen molar-refractivity contribution in [3.05, 3.63) is 65.2 Å². The van der Waals surface area contributed by atoms with Gasteiger partial charge in [-0.05, 0) is 55.1 Å². The van der Waals surface area contributed by atoms with E-state index in [2.05, 4.69) is 10.6 Å². The van der Waals surface area contributed by atoms with E-state index in [1.54, 1.807) is 6.92 Å². The molecular formula is C25H26F2N2O4. The minimum absolute atomic E-state index is 0.0405. The first kappa shape index (κ1) is 23.0. The maximum Gasteiger partial charge on any atom is 0.325 e. The van der Waals surface area contributed by atoms with E-state index in [0.717, 1.165) is 42.6 Å². The van der Waals surface area contributed by atoms with Crippen molar-refractivity contribution in [1.29, 1.82) is 0 Å². The number of benzene rings is 2. The Morgan fingerprint density at radius 3 is 2.58 bits per heavy atom. The van der Waals surface area contributed by atoms with Gasteiger partial charge in [-0.2, -0.15) is 0 Å². The molecule has 1 fully saturated rings. The number of carboxylic acid groups (broad SMARTS) is 1. The molecule has 0 amide bonds. The molecule has 1 heterocycles. The molecule has 0 bridgehead atoms. The number of carbonyl (C=O) groups is 3. The first-order valence-electron chi connectivity index (χ1n) is 11.1. The lowest BCUT2D eigenvalue weighted by Gasteiger charge is -2.46. The third kappa shape index (κ3) is 4.04. The summed E-state index contributed by atoms with van der Waals surface area (Å²) in [5, 5.41) is 17.0. The summed E-state index contributed by atoms with van der Waals surface area (Å²) >= 11 is 0. The zero-order valence-electron chi connectivity index (χ0n) is 18.2. The summed E-state index contributed by atoms with van der Waals surface area (Å²) in [5.41, 5.74) is -0.421. The van der Waals surface area contributed by atoms with E-state index in [1.165, 1.54) is 0 Å². The van der Waals surface area contributed by atoms with Gasteiger partial charge in [-0.25, -0.2) is 8.78 Å². The third-order valence-electron chi connectivity index (χ3n) is 6.91. The number of aliphatic carboxylic acids is 1. The van der Waals surface area contributed by atoms with Crippen LogP contribution >= 0.6 is 0 Å². The highest BCUT2D eigenvalue weighted by Crippen LogP contribution is 2.51. The number of hydrogen-bond donors (Lipinski definition) is 3. The Balaban J connectivity index is 1.76. The molecule has 0 spiro atoms. The fourth-order valence-corrected chi connectivity index (χ4v) is 5.54. The first-order chi connectivity index (χ1) is 15.8. The average molecular weight is 456 g/mol. The number of para-hydroxylation sites is 1. The van der Waals surface area contributed by atoms with Crippen LogP contribution in [0.25, 0.3) is 0 Å². The molecule has 8 heteroatoms. The van der Waals surface area contributed by atoms with Gasteiger partial charge in [0.15, 0.2) is 11.6 Å². The molecular weight excluding hydrogens is 430 g/mol. The van der Waals surface area contributed by atoms with Gasteiger partial charge in [0, 0.05) is 29.6 Å². The maximum atomic E-state index is 13.6. The van der Waals surface area contributed by atoms with Crippen molar-refractivity contribution in [2.45, 2.75) is 50.1 Å². The number of halogens is 2. The third-order valence-corrected chi connectivity index (χ3v) is 6.91. The molecule has 0 radical (unpaired) electrons. The fourth-order valence-electron chi connectivity index (χ4n) is 5.54. The molecule has 174 valence electrons.